The Hall–Kier alpha value is -8.80. The first kappa shape index (κ1) is 43.0. The molecule has 2 aliphatic rings. The van der Waals surface area contributed by atoms with Crippen molar-refractivity contribution >= 4 is 77.5 Å². The van der Waals surface area contributed by atoms with Crippen molar-refractivity contribution < 1.29 is 8.78 Å². The molecule has 0 saturated heterocycles. The van der Waals surface area contributed by atoms with Gasteiger partial charge in [0.05, 0.1) is 28.1 Å². The van der Waals surface area contributed by atoms with E-state index in [1.165, 1.54) is 33.4 Å². The van der Waals surface area contributed by atoms with Crippen LogP contribution in [0.15, 0.2) is 224 Å². The Balaban J connectivity index is 1.17. The average molecular weight is 946 g/mol. The third-order valence-corrected chi connectivity index (χ3v) is 16.0. The van der Waals surface area contributed by atoms with Crippen LogP contribution in [0.1, 0.15) is 49.9 Å². The van der Waals surface area contributed by atoms with Gasteiger partial charge in [-0.1, -0.05) is 173 Å². The summed E-state index contributed by atoms with van der Waals surface area (Å²) >= 11 is 0. The van der Waals surface area contributed by atoms with Gasteiger partial charge in [-0.15, -0.1) is 0 Å². The molecule has 12 aromatic rings. The number of nitrogens with zero attached hydrogens (tertiary/aromatic N) is 3. The van der Waals surface area contributed by atoms with Crippen LogP contribution in [0.5, 0.6) is 0 Å². The first-order chi connectivity index (χ1) is 35.6. The first-order valence-electron chi connectivity index (χ1n) is 25.1. The Labute approximate surface area is 423 Å². The standard InChI is InChI=1S/C68H49F2N3/c1-67(2)54-31-19-18-30-50(54)52-39-56-53(40-55(52)67)62-57(68(56,3)4)41-61(73(46-26-12-7-13-27-46)65-49-29-17-15-21-43(49)33-37-59(65)70)63-51-35-34-47(38-60(51)72(66(62)63)45-24-10-6-11-25-45)71(44-22-8-5-9-23-44)64-48-28-16-14-20-42(48)32-36-58(64)69/h5-41H,1-4H3. The van der Waals surface area contributed by atoms with Crippen molar-refractivity contribution in [2.45, 2.75) is 38.5 Å². The molecule has 2 aliphatic carbocycles. The van der Waals surface area contributed by atoms with E-state index in [0.717, 1.165) is 82.9 Å². The van der Waals surface area contributed by atoms with Crippen molar-refractivity contribution in [3.8, 4) is 27.9 Å². The van der Waals surface area contributed by atoms with Crippen LogP contribution in [-0.2, 0) is 10.8 Å². The summed E-state index contributed by atoms with van der Waals surface area (Å²) in [6.07, 6.45) is 0. The molecule has 3 nitrogen and oxygen atoms in total. The maximum atomic E-state index is 17.4. The summed E-state index contributed by atoms with van der Waals surface area (Å²) in [5, 5.41) is 5.47. The summed E-state index contributed by atoms with van der Waals surface area (Å²) in [6.45, 7) is 9.39. The molecule has 1 heterocycles. The quantitative estimate of drug-likeness (QED) is 0.158. The summed E-state index contributed by atoms with van der Waals surface area (Å²) in [5.41, 5.74) is 16.4. The molecule has 0 spiro atoms. The van der Waals surface area contributed by atoms with Gasteiger partial charge in [0.25, 0.3) is 0 Å². The Morgan fingerprint density at radius 3 is 1.56 bits per heavy atom. The summed E-state index contributed by atoms with van der Waals surface area (Å²) < 4.78 is 36.7. The van der Waals surface area contributed by atoms with Crippen LogP contribution in [0, 0.1) is 11.6 Å². The third kappa shape index (κ3) is 6.21. The van der Waals surface area contributed by atoms with Gasteiger partial charge >= 0.3 is 0 Å². The molecule has 0 unspecified atom stereocenters. The van der Waals surface area contributed by atoms with Gasteiger partial charge in [-0.3, -0.25) is 0 Å². The Morgan fingerprint density at radius 2 is 0.904 bits per heavy atom. The lowest BCUT2D eigenvalue weighted by Crippen LogP contribution is -2.18. The fraction of sp³-hybridized carbons (Fsp3) is 0.0882. The van der Waals surface area contributed by atoms with Gasteiger partial charge in [0, 0.05) is 60.7 Å². The van der Waals surface area contributed by atoms with Gasteiger partial charge in [-0.05, 0) is 129 Å². The van der Waals surface area contributed by atoms with Gasteiger partial charge in [0.1, 0.15) is 11.6 Å². The Bertz CT molecular complexity index is 4230. The Morgan fingerprint density at radius 1 is 0.384 bits per heavy atom. The van der Waals surface area contributed by atoms with Crippen LogP contribution in [0.3, 0.4) is 0 Å². The molecule has 0 radical (unpaired) electrons. The van der Waals surface area contributed by atoms with Crippen LogP contribution < -0.4 is 9.80 Å². The van der Waals surface area contributed by atoms with E-state index in [1.54, 1.807) is 12.1 Å². The van der Waals surface area contributed by atoms with Gasteiger partial charge in [0.15, 0.2) is 0 Å². The lowest BCUT2D eigenvalue weighted by atomic mass is 9.79. The van der Waals surface area contributed by atoms with E-state index in [9.17, 15) is 0 Å². The molecule has 0 bridgehead atoms. The number of rotatable bonds is 7. The SMILES string of the molecule is CC1(C)c2ccccc2-c2cc3c(cc21)-c1c(cc(N(c2ccccc2)c2c(F)ccc4ccccc24)c2c4ccc(N(c5ccccc5)c5c(F)ccc6ccccc56)cc4n(-c4ccccc4)c12)C3(C)C. The minimum Gasteiger partial charge on any atom is -0.308 e. The van der Waals surface area contributed by atoms with Crippen LogP contribution in [0.2, 0.25) is 0 Å². The van der Waals surface area contributed by atoms with E-state index < -0.39 is 5.41 Å². The second kappa shape index (κ2) is 15.9. The minimum absolute atomic E-state index is 0.234. The predicted octanol–water partition coefficient (Wildman–Crippen LogP) is 18.9. The Kier molecular flexibility index (Phi) is 9.34. The second-order valence-corrected chi connectivity index (χ2v) is 20.7. The molecule has 0 fully saturated rings. The summed E-state index contributed by atoms with van der Waals surface area (Å²) in [4.78, 5) is 4.21. The molecule has 5 heteroatoms. The molecule has 0 N–H and O–H groups in total. The molecule has 350 valence electrons. The molecule has 73 heavy (non-hydrogen) atoms. The van der Waals surface area contributed by atoms with E-state index in [1.807, 2.05) is 103 Å². The van der Waals surface area contributed by atoms with Crippen molar-refractivity contribution in [1.82, 2.24) is 4.57 Å². The number of para-hydroxylation sites is 3. The third-order valence-electron chi connectivity index (χ3n) is 16.0. The normalized spacial score (nSPS) is 13.8. The molecule has 0 saturated carbocycles. The minimum atomic E-state index is -0.483. The van der Waals surface area contributed by atoms with Crippen molar-refractivity contribution in [2.24, 2.45) is 0 Å². The number of hydrogen-bond acceptors (Lipinski definition) is 2. The zero-order valence-corrected chi connectivity index (χ0v) is 41.0. The maximum absolute atomic E-state index is 17.4. The largest absolute Gasteiger partial charge is 0.308 e. The lowest BCUT2D eigenvalue weighted by molar-refractivity contribution is 0.630. The van der Waals surface area contributed by atoms with Gasteiger partial charge in [-0.25, -0.2) is 8.78 Å². The predicted molar refractivity (Wildman–Crippen MR) is 300 cm³/mol. The fourth-order valence-corrected chi connectivity index (χ4v) is 12.6. The number of halogens is 2. The highest BCUT2D eigenvalue weighted by Gasteiger charge is 2.44. The number of hydrogen-bond donors (Lipinski definition) is 0. The number of anilines is 6. The lowest BCUT2D eigenvalue weighted by Gasteiger charge is -2.30. The van der Waals surface area contributed by atoms with Crippen molar-refractivity contribution in [3.63, 3.8) is 0 Å². The summed E-state index contributed by atoms with van der Waals surface area (Å²) in [6, 6.07) is 76.6. The average Bonchev–Trinajstić information content (AvgIpc) is 3.97. The van der Waals surface area contributed by atoms with E-state index in [4.69, 9.17) is 0 Å². The summed E-state index contributed by atoms with van der Waals surface area (Å²) in [5.74, 6) is -0.640. The zero-order chi connectivity index (χ0) is 49.3. The van der Waals surface area contributed by atoms with Crippen LogP contribution in [0.4, 0.5) is 42.9 Å². The van der Waals surface area contributed by atoms with Crippen LogP contribution in [0.25, 0.3) is 71.3 Å². The van der Waals surface area contributed by atoms with Gasteiger partial charge in [-0.2, -0.15) is 0 Å². The topological polar surface area (TPSA) is 11.4 Å². The zero-order valence-electron chi connectivity index (χ0n) is 41.0. The number of aromatic nitrogens is 1. The molecule has 0 atom stereocenters. The maximum Gasteiger partial charge on any atom is 0.147 e. The van der Waals surface area contributed by atoms with Crippen molar-refractivity contribution in [2.75, 3.05) is 9.80 Å². The highest BCUT2D eigenvalue weighted by atomic mass is 19.1. The molecule has 0 aliphatic heterocycles. The molecule has 11 aromatic carbocycles. The second-order valence-electron chi connectivity index (χ2n) is 20.7. The van der Waals surface area contributed by atoms with E-state index in [0.29, 0.717) is 11.4 Å². The fourth-order valence-electron chi connectivity index (χ4n) is 12.6. The highest BCUT2D eigenvalue weighted by Crippen LogP contribution is 2.61. The first-order valence-corrected chi connectivity index (χ1v) is 25.1. The monoisotopic (exact) mass is 945 g/mol. The number of fused-ring (bicyclic) bond motifs is 12. The molecular weight excluding hydrogens is 897 g/mol. The van der Waals surface area contributed by atoms with Gasteiger partial charge < -0.3 is 14.4 Å². The molecule has 0 amide bonds. The van der Waals surface area contributed by atoms with Crippen LogP contribution in [-0.4, -0.2) is 4.57 Å². The van der Waals surface area contributed by atoms with Crippen LogP contribution >= 0.6 is 0 Å². The molecule has 1 aromatic heterocycles. The highest BCUT2D eigenvalue weighted by molar-refractivity contribution is 6.23. The van der Waals surface area contributed by atoms with E-state index in [-0.39, 0.29) is 17.0 Å². The van der Waals surface area contributed by atoms with Crippen molar-refractivity contribution in [1.29, 1.82) is 0 Å². The molecular formula is C68H49F2N3. The molecule has 14 rings (SSSR count). The number of benzene rings is 11. The van der Waals surface area contributed by atoms with Crippen molar-refractivity contribution in [3.05, 3.63) is 258 Å². The van der Waals surface area contributed by atoms with E-state index >= 15 is 8.78 Å². The smallest absolute Gasteiger partial charge is 0.147 e. The summed E-state index contributed by atoms with van der Waals surface area (Å²) in [7, 11) is 0. The van der Waals surface area contributed by atoms with E-state index in [2.05, 4.69) is 151 Å². The van der Waals surface area contributed by atoms with Gasteiger partial charge in [0.2, 0.25) is 0 Å².